The molecule has 0 amide bonds. The first kappa shape index (κ1) is 19.5. The molecule has 6 heteroatoms. The van der Waals surface area contributed by atoms with Crippen LogP contribution in [0.5, 0.6) is 5.75 Å². The van der Waals surface area contributed by atoms with E-state index in [0.29, 0.717) is 12.3 Å². The van der Waals surface area contributed by atoms with Crippen LogP contribution in [0.2, 0.25) is 0 Å². The average molecular weight is 393 g/mol. The first-order chi connectivity index (χ1) is 14.1. The number of hydrogen-bond acceptors (Lipinski definition) is 5. The van der Waals surface area contributed by atoms with E-state index in [2.05, 4.69) is 46.0 Å². The van der Waals surface area contributed by atoms with Crippen LogP contribution in [-0.4, -0.2) is 60.4 Å². The van der Waals surface area contributed by atoms with Crippen LogP contribution in [0.1, 0.15) is 5.56 Å². The minimum atomic E-state index is -0.549. The standard InChI is InChI=1S/C23H27N3O3/c1-17-2-5-19(6-3-17)26-12-10-25(11-13-26)15-20(27)16-29-21-7-8-22-18(14-21)4-9-23(28)24-22/h2-9,14,20,27H,10-13,15-16H2,1H3,(H,24,28)/t20-/m1/s1. The molecule has 0 aliphatic carbocycles. The summed E-state index contributed by atoms with van der Waals surface area (Å²) in [5.74, 6) is 0.688. The number of aliphatic hydroxyl groups excluding tert-OH is 1. The summed E-state index contributed by atoms with van der Waals surface area (Å²) in [5, 5.41) is 11.3. The molecule has 2 N–H and O–H groups in total. The van der Waals surface area contributed by atoms with Gasteiger partial charge in [-0.25, -0.2) is 0 Å². The van der Waals surface area contributed by atoms with Gasteiger partial charge in [0.15, 0.2) is 0 Å². The maximum atomic E-state index is 11.4. The lowest BCUT2D eigenvalue weighted by Crippen LogP contribution is -2.49. The Kier molecular flexibility index (Phi) is 5.83. The Bertz CT molecular complexity index is 1010. The largest absolute Gasteiger partial charge is 0.491 e. The Morgan fingerprint density at radius 2 is 1.79 bits per heavy atom. The fourth-order valence-corrected chi connectivity index (χ4v) is 3.71. The van der Waals surface area contributed by atoms with Crippen molar-refractivity contribution in [3.63, 3.8) is 0 Å². The number of β-amino-alcohol motifs (C(OH)–C–C–N with tert-alkyl or cyclic N) is 1. The van der Waals surface area contributed by atoms with Gasteiger partial charge in [-0.3, -0.25) is 9.69 Å². The number of pyridine rings is 1. The normalized spacial score (nSPS) is 16.1. The van der Waals surface area contributed by atoms with Gasteiger partial charge in [-0.1, -0.05) is 17.7 Å². The molecule has 3 aromatic rings. The van der Waals surface area contributed by atoms with Crippen LogP contribution in [0, 0.1) is 6.92 Å². The van der Waals surface area contributed by atoms with Gasteiger partial charge in [-0.05, 0) is 43.3 Å². The first-order valence-corrected chi connectivity index (χ1v) is 10.0. The highest BCUT2D eigenvalue weighted by atomic mass is 16.5. The number of aromatic amines is 1. The quantitative estimate of drug-likeness (QED) is 0.673. The van der Waals surface area contributed by atoms with Crippen molar-refractivity contribution in [3.05, 3.63) is 70.5 Å². The van der Waals surface area contributed by atoms with Crippen LogP contribution in [-0.2, 0) is 0 Å². The molecule has 152 valence electrons. The molecule has 0 spiro atoms. The lowest BCUT2D eigenvalue weighted by atomic mass is 10.2. The summed E-state index contributed by atoms with van der Waals surface area (Å²) in [6.07, 6.45) is -0.549. The molecular formula is C23H27N3O3. The Morgan fingerprint density at radius 3 is 2.55 bits per heavy atom. The number of H-pyrrole nitrogens is 1. The molecule has 1 aromatic heterocycles. The van der Waals surface area contributed by atoms with Gasteiger partial charge in [0.1, 0.15) is 18.5 Å². The van der Waals surface area contributed by atoms with Gasteiger partial charge in [0.25, 0.3) is 0 Å². The fraction of sp³-hybridized carbons (Fsp3) is 0.348. The van der Waals surface area contributed by atoms with Crippen LogP contribution in [0.4, 0.5) is 5.69 Å². The average Bonchev–Trinajstić information content (AvgIpc) is 2.73. The Morgan fingerprint density at radius 1 is 1.03 bits per heavy atom. The lowest BCUT2D eigenvalue weighted by Gasteiger charge is -2.36. The number of benzene rings is 2. The number of aliphatic hydroxyl groups is 1. The summed E-state index contributed by atoms with van der Waals surface area (Å²) in [6.45, 7) is 6.71. The number of nitrogens with zero attached hydrogens (tertiary/aromatic N) is 2. The number of rotatable bonds is 6. The van der Waals surface area contributed by atoms with Crippen molar-refractivity contribution in [1.82, 2.24) is 9.88 Å². The van der Waals surface area contributed by atoms with Crippen molar-refractivity contribution in [3.8, 4) is 5.75 Å². The van der Waals surface area contributed by atoms with E-state index in [4.69, 9.17) is 4.74 Å². The van der Waals surface area contributed by atoms with Gasteiger partial charge in [-0.2, -0.15) is 0 Å². The zero-order valence-corrected chi connectivity index (χ0v) is 16.7. The number of anilines is 1. The van der Waals surface area contributed by atoms with Crippen molar-refractivity contribution in [2.45, 2.75) is 13.0 Å². The van der Waals surface area contributed by atoms with Gasteiger partial charge < -0.3 is 19.7 Å². The minimum absolute atomic E-state index is 0.121. The summed E-state index contributed by atoms with van der Waals surface area (Å²) in [4.78, 5) is 18.8. The molecule has 6 nitrogen and oxygen atoms in total. The maximum Gasteiger partial charge on any atom is 0.248 e. The summed E-state index contributed by atoms with van der Waals surface area (Å²) in [7, 11) is 0. The van der Waals surface area contributed by atoms with Crippen LogP contribution >= 0.6 is 0 Å². The van der Waals surface area contributed by atoms with E-state index < -0.39 is 6.10 Å². The van der Waals surface area contributed by atoms with E-state index in [1.807, 2.05) is 18.2 Å². The topological polar surface area (TPSA) is 68.8 Å². The second kappa shape index (κ2) is 8.68. The van der Waals surface area contributed by atoms with Gasteiger partial charge in [-0.15, -0.1) is 0 Å². The van der Waals surface area contributed by atoms with Gasteiger partial charge in [0, 0.05) is 55.4 Å². The molecule has 2 heterocycles. The van der Waals surface area contributed by atoms with Crippen molar-refractivity contribution < 1.29 is 9.84 Å². The highest BCUT2D eigenvalue weighted by Crippen LogP contribution is 2.19. The molecule has 1 saturated heterocycles. The van der Waals surface area contributed by atoms with Gasteiger partial charge >= 0.3 is 0 Å². The van der Waals surface area contributed by atoms with E-state index in [9.17, 15) is 9.90 Å². The van der Waals surface area contributed by atoms with Crippen molar-refractivity contribution >= 4 is 16.6 Å². The number of hydrogen-bond donors (Lipinski definition) is 2. The molecule has 2 aromatic carbocycles. The highest BCUT2D eigenvalue weighted by molar-refractivity contribution is 5.79. The third-order valence-electron chi connectivity index (χ3n) is 5.38. The molecule has 0 saturated carbocycles. The summed E-state index contributed by atoms with van der Waals surface area (Å²) < 4.78 is 5.77. The summed E-state index contributed by atoms with van der Waals surface area (Å²) in [6, 6.07) is 17.4. The smallest absolute Gasteiger partial charge is 0.248 e. The Balaban J connectivity index is 1.25. The molecule has 1 atom stereocenters. The Hall–Kier alpha value is -2.83. The van der Waals surface area contributed by atoms with Crippen LogP contribution in [0.25, 0.3) is 10.9 Å². The molecule has 4 rings (SSSR count). The van der Waals surface area contributed by atoms with E-state index in [1.165, 1.54) is 17.3 Å². The predicted octanol–water partition coefficient (Wildman–Crippen LogP) is 2.40. The molecule has 0 unspecified atom stereocenters. The van der Waals surface area contributed by atoms with E-state index in [-0.39, 0.29) is 12.2 Å². The van der Waals surface area contributed by atoms with Gasteiger partial charge in [0.2, 0.25) is 5.56 Å². The maximum absolute atomic E-state index is 11.4. The number of aromatic nitrogens is 1. The van der Waals surface area contributed by atoms with Crippen molar-refractivity contribution in [1.29, 1.82) is 0 Å². The molecule has 1 aliphatic rings. The number of ether oxygens (including phenoxy) is 1. The number of aryl methyl sites for hydroxylation is 1. The first-order valence-electron chi connectivity index (χ1n) is 10.0. The lowest BCUT2D eigenvalue weighted by molar-refractivity contribution is 0.0663. The SMILES string of the molecule is Cc1ccc(N2CCN(C[C@@H](O)COc3ccc4[nH]c(=O)ccc4c3)CC2)cc1. The zero-order chi connectivity index (χ0) is 20.2. The van der Waals surface area contributed by atoms with E-state index in [1.54, 1.807) is 6.07 Å². The molecule has 1 fully saturated rings. The third kappa shape index (κ3) is 4.96. The number of nitrogens with one attached hydrogen (secondary N) is 1. The molecule has 0 radical (unpaired) electrons. The third-order valence-corrected chi connectivity index (χ3v) is 5.38. The van der Waals surface area contributed by atoms with Crippen LogP contribution < -0.4 is 15.2 Å². The van der Waals surface area contributed by atoms with Crippen molar-refractivity contribution in [2.75, 3.05) is 44.2 Å². The summed E-state index contributed by atoms with van der Waals surface area (Å²) >= 11 is 0. The van der Waals surface area contributed by atoms with E-state index >= 15 is 0 Å². The fourth-order valence-electron chi connectivity index (χ4n) is 3.71. The van der Waals surface area contributed by atoms with Gasteiger partial charge in [0.05, 0.1) is 0 Å². The zero-order valence-electron chi connectivity index (χ0n) is 16.7. The number of piperazine rings is 1. The highest BCUT2D eigenvalue weighted by Gasteiger charge is 2.19. The second-order valence-electron chi connectivity index (χ2n) is 7.66. The molecule has 29 heavy (non-hydrogen) atoms. The predicted molar refractivity (Wildman–Crippen MR) is 116 cm³/mol. The summed E-state index contributed by atoms with van der Waals surface area (Å²) in [5.41, 5.74) is 3.19. The monoisotopic (exact) mass is 393 g/mol. The Labute approximate surface area is 170 Å². The number of fused-ring (bicyclic) bond motifs is 1. The minimum Gasteiger partial charge on any atom is -0.491 e. The van der Waals surface area contributed by atoms with Crippen molar-refractivity contribution in [2.24, 2.45) is 0 Å². The van der Waals surface area contributed by atoms with Crippen LogP contribution in [0.15, 0.2) is 59.4 Å². The second-order valence-corrected chi connectivity index (χ2v) is 7.66. The van der Waals surface area contributed by atoms with Crippen LogP contribution in [0.3, 0.4) is 0 Å². The molecule has 1 aliphatic heterocycles. The molecule has 0 bridgehead atoms. The van der Waals surface area contributed by atoms with E-state index in [0.717, 1.165) is 37.1 Å². The molecular weight excluding hydrogens is 366 g/mol.